The number of carbonyl (C=O) groups excluding carboxylic acids is 1. The lowest BCUT2D eigenvalue weighted by atomic mass is 10.1. The summed E-state index contributed by atoms with van der Waals surface area (Å²) in [6, 6.07) is 8.21. The van der Waals surface area contributed by atoms with Crippen LogP contribution in [0.15, 0.2) is 36.4 Å². The fourth-order valence-electron chi connectivity index (χ4n) is 1.47. The molecule has 2 aromatic carbocycles. The van der Waals surface area contributed by atoms with Gasteiger partial charge in [-0.3, -0.25) is 4.79 Å². The Morgan fingerprint density at radius 3 is 2.14 bits per heavy atom. The topological polar surface area (TPSA) is 115 Å². The van der Waals surface area contributed by atoms with E-state index in [-0.39, 0.29) is 17.1 Å². The Kier molecular flexibility index (Phi) is 5.31. The number of hydrogen-bond donors (Lipinski definition) is 4. The molecule has 0 radical (unpaired) electrons. The number of aldehydes is 1. The molecule has 0 fully saturated rings. The Labute approximate surface area is 120 Å². The molecule has 0 amide bonds. The molecule has 110 valence electrons. The standard InChI is InChI=1S/C8H8O2.C7H6O4/c1-6-2-3-8(10)7(4-6)5-9;8-4-1-2-5(7(10)11)6(9)3-4/h2-5,10H,1H3;1-3,8-9H,(H,10,11). The van der Waals surface area contributed by atoms with E-state index in [0.29, 0.717) is 11.8 Å². The summed E-state index contributed by atoms with van der Waals surface area (Å²) in [6.45, 7) is 1.87. The molecule has 0 spiro atoms. The Morgan fingerprint density at radius 1 is 1.00 bits per heavy atom. The van der Waals surface area contributed by atoms with Crippen LogP contribution in [0.2, 0.25) is 0 Å². The third kappa shape index (κ3) is 4.54. The van der Waals surface area contributed by atoms with Gasteiger partial charge in [-0.15, -0.1) is 0 Å². The highest BCUT2D eigenvalue weighted by atomic mass is 16.4. The van der Waals surface area contributed by atoms with E-state index in [1.165, 1.54) is 12.1 Å². The van der Waals surface area contributed by atoms with Gasteiger partial charge in [0, 0.05) is 6.07 Å². The maximum atomic E-state index is 10.3. The summed E-state index contributed by atoms with van der Waals surface area (Å²) in [7, 11) is 0. The van der Waals surface area contributed by atoms with E-state index in [0.717, 1.165) is 17.7 Å². The molecule has 0 saturated heterocycles. The van der Waals surface area contributed by atoms with Crippen LogP contribution >= 0.6 is 0 Å². The highest BCUT2D eigenvalue weighted by Gasteiger charge is 2.08. The smallest absolute Gasteiger partial charge is 0.339 e. The van der Waals surface area contributed by atoms with Gasteiger partial charge in [0.25, 0.3) is 0 Å². The minimum atomic E-state index is -1.22. The van der Waals surface area contributed by atoms with Gasteiger partial charge in [-0.1, -0.05) is 11.6 Å². The quantitative estimate of drug-likeness (QED) is 0.631. The number of aryl methyl sites for hydroxylation is 1. The van der Waals surface area contributed by atoms with E-state index in [9.17, 15) is 9.59 Å². The van der Waals surface area contributed by atoms with Crippen molar-refractivity contribution in [2.45, 2.75) is 6.92 Å². The summed E-state index contributed by atoms with van der Waals surface area (Å²) in [6.07, 6.45) is 0.641. The molecule has 0 aliphatic carbocycles. The van der Waals surface area contributed by atoms with Crippen LogP contribution < -0.4 is 0 Å². The summed E-state index contributed by atoms with van der Waals surface area (Å²) in [4.78, 5) is 20.5. The lowest BCUT2D eigenvalue weighted by Crippen LogP contribution is -1.95. The second-order valence-corrected chi connectivity index (χ2v) is 4.19. The van der Waals surface area contributed by atoms with Crippen molar-refractivity contribution in [2.24, 2.45) is 0 Å². The zero-order valence-corrected chi connectivity index (χ0v) is 11.1. The second kappa shape index (κ2) is 6.95. The molecule has 6 heteroatoms. The van der Waals surface area contributed by atoms with E-state index >= 15 is 0 Å². The van der Waals surface area contributed by atoms with Gasteiger partial charge in [0.2, 0.25) is 0 Å². The van der Waals surface area contributed by atoms with Crippen molar-refractivity contribution in [3.05, 3.63) is 53.1 Å². The summed E-state index contributed by atoms with van der Waals surface area (Å²) < 4.78 is 0. The van der Waals surface area contributed by atoms with Gasteiger partial charge >= 0.3 is 5.97 Å². The molecule has 0 unspecified atom stereocenters. The van der Waals surface area contributed by atoms with E-state index in [1.807, 2.05) is 6.92 Å². The molecule has 0 atom stereocenters. The van der Waals surface area contributed by atoms with E-state index in [1.54, 1.807) is 12.1 Å². The number of carbonyl (C=O) groups is 2. The average molecular weight is 290 g/mol. The lowest BCUT2D eigenvalue weighted by molar-refractivity contribution is 0.0693. The third-order valence-electron chi connectivity index (χ3n) is 2.52. The molecule has 4 N–H and O–H groups in total. The normalized spacial score (nSPS) is 9.38. The fourth-order valence-corrected chi connectivity index (χ4v) is 1.47. The molecule has 0 bridgehead atoms. The summed E-state index contributed by atoms with van der Waals surface area (Å²) in [5.41, 5.74) is 1.10. The summed E-state index contributed by atoms with van der Waals surface area (Å²) in [5.74, 6) is -1.77. The van der Waals surface area contributed by atoms with Crippen LogP contribution in [0, 0.1) is 6.92 Å². The maximum absolute atomic E-state index is 10.3. The minimum Gasteiger partial charge on any atom is -0.508 e. The van der Waals surface area contributed by atoms with Crippen LogP contribution in [0.25, 0.3) is 0 Å². The Hall–Kier alpha value is -3.02. The Balaban J connectivity index is 0.000000211. The zero-order chi connectivity index (χ0) is 16.0. The minimum absolute atomic E-state index is 0.0422. The first kappa shape index (κ1) is 16.0. The number of hydrogen-bond acceptors (Lipinski definition) is 5. The predicted octanol–water partition coefficient (Wildman–Crippen LogP) is 2.31. The number of aromatic hydroxyl groups is 3. The number of rotatable bonds is 2. The van der Waals surface area contributed by atoms with E-state index < -0.39 is 11.7 Å². The Morgan fingerprint density at radius 2 is 1.67 bits per heavy atom. The van der Waals surface area contributed by atoms with E-state index in [4.69, 9.17) is 20.4 Å². The van der Waals surface area contributed by atoms with E-state index in [2.05, 4.69) is 0 Å². The first-order valence-electron chi connectivity index (χ1n) is 5.85. The van der Waals surface area contributed by atoms with Crippen LogP contribution in [0.5, 0.6) is 17.2 Å². The largest absolute Gasteiger partial charge is 0.508 e. The molecular weight excluding hydrogens is 276 g/mol. The molecular formula is C15H14O6. The number of carboxylic acid groups (broad SMARTS) is 1. The lowest BCUT2D eigenvalue weighted by Gasteiger charge is -1.97. The number of aromatic carboxylic acids is 1. The van der Waals surface area contributed by atoms with Gasteiger partial charge in [0.1, 0.15) is 22.8 Å². The fraction of sp³-hybridized carbons (Fsp3) is 0.0667. The molecule has 6 nitrogen and oxygen atoms in total. The molecule has 0 heterocycles. The van der Waals surface area contributed by atoms with Gasteiger partial charge in [-0.25, -0.2) is 4.79 Å². The molecule has 0 aromatic heterocycles. The van der Waals surface area contributed by atoms with Gasteiger partial charge < -0.3 is 20.4 Å². The Bertz CT molecular complexity index is 663. The van der Waals surface area contributed by atoms with Gasteiger partial charge in [0.15, 0.2) is 6.29 Å². The van der Waals surface area contributed by atoms with Crippen molar-refractivity contribution in [3.8, 4) is 17.2 Å². The highest BCUT2D eigenvalue weighted by molar-refractivity contribution is 5.90. The molecule has 0 aliphatic heterocycles. The first-order valence-corrected chi connectivity index (χ1v) is 5.85. The van der Waals surface area contributed by atoms with Crippen LogP contribution in [0.3, 0.4) is 0 Å². The number of benzene rings is 2. The number of phenols is 3. The van der Waals surface area contributed by atoms with Crippen molar-refractivity contribution in [1.29, 1.82) is 0 Å². The molecule has 0 aliphatic rings. The van der Waals surface area contributed by atoms with Gasteiger partial charge in [-0.2, -0.15) is 0 Å². The average Bonchev–Trinajstić information content (AvgIpc) is 2.41. The number of carboxylic acids is 1. The van der Waals surface area contributed by atoms with Crippen LogP contribution in [-0.4, -0.2) is 32.7 Å². The van der Waals surface area contributed by atoms with Crippen LogP contribution in [-0.2, 0) is 0 Å². The van der Waals surface area contributed by atoms with Crippen molar-refractivity contribution in [2.75, 3.05) is 0 Å². The van der Waals surface area contributed by atoms with Crippen molar-refractivity contribution in [3.63, 3.8) is 0 Å². The van der Waals surface area contributed by atoms with Crippen molar-refractivity contribution >= 4 is 12.3 Å². The van der Waals surface area contributed by atoms with Crippen molar-refractivity contribution < 1.29 is 30.0 Å². The molecule has 2 aromatic rings. The predicted molar refractivity (Wildman–Crippen MR) is 75.0 cm³/mol. The monoisotopic (exact) mass is 290 g/mol. The second-order valence-electron chi connectivity index (χ2n) is 4.19. The van der Waals surface area contributed by atoms with Crippen LogP contribution in [0.4, 0.5) is 0 Å². The third-order valence-corrected chi connectivity index (χ3v) is 2.52. The number of phenolic OH excluding ortho intramolecular Hbond substituents is 2. The van der Waals surface area contributed by atoms with Crippen LogP contribution in [0.1, 0.15) is 26.3 Å². The van der Waals surface area contributed by atoms with Gasteiger partial charge in [-0.05, 0) is 31.2 Å². The molecule has 21 heavy (non-hydrogen) atoms. The maximum Gasteiger partial charge on any atom is 0.339 e. The summed E-state index contributed by atoms with van der Waals surface area (Å²) >= 11 is 0. The summed E-state index contributed by atoms with van der Waals surface area (Å²) in [5, 5.41) is 35.1. The first-order chi connectivity index (χ1) is 9.85. The molecule has 2 rings (SSSR count). The zero-order valence-electron chi connectivity index (χ0n) is 11.1. The van der Waals surface area contributed by atoms with Gasteiger partial charge in [0.05, 0.1) is 5.56 Å². The molecule has 0 saturated carbocycles. The highest BCUT2D eigenvalue weighted by Crippen LogP contribution is 2.21. The van der Waals surface area contributed by atoms with Crippen molar-refractivity contribution in [1.82, 2.24) is 0 Å². The SMILES string of the molecule is Cc1ccc(O)c(C=O)c1.O=C(O)c1ccc(O)cc1O.